The molecule has 0 aliphatic rings. The number of amides is 1. The van der Waals surface area contributed by atoms with Gasteiger partial charge in [-0.25, -0.2) is 4.98 Å². The summed E-state index contributed by atoms with van der Waals surface area (Å²) in [5.41, 5.74) is 3.44. The monoisotopic (exact) mass is 437 g/mol. The molecule has 3 aromatic rings. The zero-order valence-corrected chi connectivity index (χ0v) is 19.5. The lowest BCUT2D eigenvalue weighted by molar-refractivity contribution is -0.124. The molecule has 0 aliphatic carbocycles. The van der Waals surface area contributed by atoms with Crippen LogP contribution in [0, 0.1) is 0 Å². The summed E-state index contributed by atoms with van der Waals surface area (Å²) in [5, 5.41) is 2.88. The zero-order valence-electron chi connectivity index (χ0n) is 19.5. The third kappa shape index (κ3) is 6.57. The van der Waals surface area contributed by atoms with E-state index < -0.39 is 0 Å². The van der Waals surface area contributed by atoms with Crippen LogP contribution in [-0.2, 0) is 22.5 Å². The van der Waals surface area contributed by atoms with Crippen LogP contribution < -0.4 is 10.1 Å². The van der Waals surface area contributed by atoms with E-state index in [1.54, 1.807) is 0 Å². The Balaban J connectivity index is 1.53. The van der Waals surface area contributed by atoms with E-state index >= 15 is 0 Å². The van der Waals surface area contributed by atoms with Crippen LogP contribution in [0.1, 0.15) is 50.4 Å². The molecule has 1 N–H and O–H groups in total. The molecule has 0 bridgehead atoms. The van der Waals surface area contributed by atoms with E-state index in [1.165, 1.54) is 12.7 Å². The Hall–Kier alpha value is -2.86. The lowest BCUT2D eigenvalue weighted by Gasteiger charge is -2.14. The average Bonchev–Trinajstić information content (AvgIpc) is 3.14. The van der Waals surface area contributed by atoms with Crippen molar-refractivity contribution >= 4 is 16.9 Å². The maximum atomic E-state index is 11.6. The molecule has 1 heterocycles. The van der Waals surface area contributed by atoms with E-state index in [0.29, 0.717) is 19.1 Å². The van der Waals surface area contributed by atoms with Gasteiger partial charge in [-0.05, 0) is 48.9 Å². The van der Waals surface area contributed by atoms with Gasteiger partial charge in [-0.15, -0.1) is 0 Å². The summed E-state index contributed by atoms with van der Waals surface area (Å²) in [4.78, 5) is 16.4. The molecule has 172 valence electrons. The number of unbranched alkanes of at least 4 members (excludes halogenated alkanes) is 1. The Labute approximate surface area is 190 Å². The molecule has 0 fully saturated rings. The summed E-state index contributed by atoms with van der Waals surface area (Å²) < 4.78 is 13.2. The fraction of sp³-hybridized carbons (Fsp3) is 0.462. The SMILES string of the molecule is COCC(=O)NCCCc1nc2ccccc2n1CCCCOc1ccccc1C(C)C. The molecule has 0 aliphatic heterocycles. The van der Waals surface area contributed by atoms with E-state index in [0.717, 1.165) is 54.8 Å². The van der Waals surface area contributed by atoms with Crippen molar-refractivity contribution < 1.29 is 14.3 Å². The highest BCUT2D eigenvalue weighted by molar-refractivity contribution is 5.77. The molecule has 0 radical (unpaired) electrons. The van der Waals surface area contributed by atoms with Gasteiger partial charge in [0, 0.05) is 26.6 Å². The summed E-state index contributed by atoms with van der Waals surface area (Å²) in [7, 11) is 1.52. The number of hydrogen-bond donors (Lipinski definition) is 1. The van der Waals surface area contributed by atoms with Crippen LogP contribution in [0.15, 0.2) is 48.5 Å². The predicted molar refractivity (Wildman–Crippen MR) is 128 cm³/mol. The van der Waals surface area contributed by atoms with E-state index in [2.05, 4.69) is 60.1 Å². The number of ether oxygens (including phenoxy) is 2. The van der Waals surface area contributed by atoms with Crippen molar-refractivity contribution in [2.45, 2.75) is 52.0 Å². The lowest BCUT2D eigenvalue weighted by atomic mass is 10.0. The molecule has 0 saturated heterocycles. The van der Waals surface area contributed by atoms with E-state index in [9.17, 15) is 4.79 Å². The summed E-state index contributed by atoms with van der Waals surface area (Å²) in [6.07, 6.45) is 3.65. The van der Waals surface area contributed by atoms with Gasteiger partial charge in [-0.2, -0.15) is 0 Å². The number of rotatable bonds is 13. The average molecular weight is 438 g/mol. The van der Waals surface area contributed by atoms with E-state index in [-0.39, 0.29) is 12.5 Å². The maximum absolute atomic E-state index is 11.6. The summed E-state index contributed by atoms with van der Waals surface area (Å²) in [6, 6.07) is 16.6. The first-order valence-electron chi connectivity index (χ1n) is 11.5. The quantitative estimate of drug-likeness (QED) is 0.393. The smallest absolute Gasteiger partial charge is 0.245 e. The molecule has 3 rings (SSSR count). The molecule has 0 unspecified atom stereocenters. The van der Waals surface area contributed by atoms with Crippen LogP contribution in [0.4, 0.5) is 0 Å². The van der Waals surface area contributed by atoms with Gasteiger partial charge in [0.15, 0.2) is 0 Å². The third-order valence-electron chi connectivity index (χ3n) is 5.48. The van der Waals surface area contributed by atoms with Gasteiger partial charge < -0.3 is 19.4 Å². The topological polar surface area (TPSA) is 65.4 Å². The second kappa shape index (κ2) is 12.2. The molecular weight excluding hydrogens is 402 g/mol. The molecule has 1 amide bonds. The highest BCUT2D eigenvalue weighted by Gasteiger charge is 2.11. The van der Waals surface area contributed by atoms with Crippen LogP contribution in [0.2, 0.25) is 0 Å². The van der Waals surface area contributed by atoms with Crippen molar-refractivity contribution in [1.82, 2.24) is 14.9 Å². The van der Waals surface area contributed by atoms with Gasteiger partial charge in [0.2, 0.25) is 5.91 Å². The Morgan fingerprint density at radius 2 is 1.84 bits per heavy atom. The molecule has 2 aromatic carbocycles. The Morgan fingerprint density at radius 3 is 2.66 bits per heavy atom. The first-order chi connectivity index (χ1) is 15.6. The van der Waals surface area contributed by atoms with Gasteiger partial charge >= 0.3 is 0 Å². The molecule has 6 heteroatoms. The Bertz CT molecular complexity index is 997. The van der Waals surface area contributed by atoms with Crippen molar-refractivity contribution in [3.05, 3.63) is 59.9 Å². The molecule has 6 nitrogen and oxygen atoms in total. The fourth-order valence-corrected chi connectivity index (χ4v) is 3.87. The first-order valence-corrected chi connectivity index (χ1v) is 11.5. The third-order valence-corrected chi connectivity index (χ3v) is 5.48. The van der Waals surface area contributed by atoms with Gasteiger partial charge in [0.25, 0.3) is 0 Å². The van der Waals surface area contributed by atoms with Crippen molar-refractivity contribution in [3.8, 4) is 5.75 Å². The highest BCUT2D eigenvalue weighted by Crippen LogP contribution is 2.26. The number of benzene rings is 2. The standard InChI is InChI=1S/C26H35N3O3/c1-20(2)21-11-4-7-14-24(21)32-18-9-8-17-29-23-13-6-5-12-22(23)28-25(29)15-10-16-27-26(30)19-31-3/h4-7,11-14,20H,8-10,15-19H2,1-3H3,(H,27,30). The number of carbonyl (C=O) groups excluding carboxylic acids is 1. The van der Waals surface area contributed by atoms with Crippen molar-refractivity contribution in [3.63, 3.8) is 0 Å². The van der Waals surface area contributed by atoms with Crippen molar-refractivity contribution in [1.29, 1.82) is 0 Å². The number of aryl methyl sites for hydroxylation is 2. The predicted octanol–water partition coefficient (Wildman–Crippen LogP) is 4.71. The minimum Gasteiger partial charge on any atom is -0.493 e. The van der Waals surface area contributed by atoms with E-state index in [4.69, 9.17) is 14.5 Å². The Kier molecular flexibility index (Phi) is 9.11. The molecule has 32 heavy (non-hydrogen) atoms. The van der Waals surface area contributed by atoms with Crippen molar-refractivity contribution in [2.75, 3.05) is 26.9 Å². The number of aromatic nitrogens is 2. The number of nitrogens with zero attached hydrogens (tertiary/aromatic N) is 2. The number of fused-ring (bicyclic) bond motifs is 1. The van der Waals surface area contributed by atoms with E-state index in [1.807, 2.05) is 12.1 Å². The minimum absolute atomic E-state index is 0.0833. The van der Waals surface area contributed by atoms with Gasteiger partial charge in [0.1, 0.15) is 18.2 Å². The first kappa shape index (κ1) is 23.8. The molecular formula is C26H35N3O3. The molecule has 1 aromatic heterocycles. The second-order valence-electron chi connectivity index (χ2n) is 8.30. The van der Waals surface area contributed by atoms with Crippen LogP contribution in [0.25, 0.3) is 11.0 Å². The van der Waals surface area contributed by atoms with Gasteiger partial charge in [-0.1, -0.05) is 44.2 Å². The largest absolute Gasteiger partial charge is 0.493 e. The number of para-hydroxylation sites is 3. The Morgan fingerprint density at radius 1 is 1.06 bits per heavy atom. The van der Waals surface area contributed by atoms with Crippen molar-refractivity contribution in [2.24, 2.45) is 0 Å². The summed E-state index contributed by atoms with van der Waals surface area (Å²) >= 11 is 0. The number of hydrogen-bond acceptors (Lipinski definition) is 4. The summed E-state index contributed by atoms with van der Waals surface area (Å²) in [5.74, 6) is 2.43. The number of imidazole rings is 1. The summed E-state index contributed by atoms with van der Waals surface area (Å²) in [6.45, 7) is 6.71. The molecule has 0 saturated carbocycles. The zero-order chi connectivity index (χ0) is 22.8. The number of methoxy groups -OCH3 is 1. The minimum atomic E-state index is -0.0833. The molecule has 0 atom stereocenters. The normalized spacial score (nSPS) is 11.2. The fourth-order valence-electron chi connectivity index (χ4n) is 3.87. The van der Waals surface area contributed by atoms with Gasteiger partial charge in [0.05, 0.1) is 17.6 Å². The number of carbonyl (C=O) groups is 1. The highest BCUT2D eigenvalue weighted by atomic mass is 16.5. The van der Waals surface area contributed by atoms with Crippen LogP contribution in [-0.4, -0.2) is 42.3 Å². The van der Waals surface area contributed by atoms with Crippen LogP contribution in [0.5, 0.6) is 5.75 Å². The number of nitrogens with one attached hydrogen (secondary N) is 1. The maximum Gasteiger partial charge on any atom is 0.245 e. The second-order valence-corrected chi connectivity index (χ2v) is 8.30. The lowest BCUT2D eigenvalue weighted by Crippen LogP contribution is -2.28. The van der Waals surface area contributed by atoms with Crippen LogP contribution >= 0.6 is 0 Å². The van der Waals surface area contributed by atoms with Crippen LogP contribution in [0.3, 0.4) is 0 Å². The molecule has 0 spiro atoms. The van der Waals surface area contributed by atoms with Gasteiger partial charge in [-0.3, -0.25) is 4.79 Å².